The summed E-state index contributed by atoms with van der Waals surface area (Å²) >= 11 is 1.36. The third-order valence-electron chi connectivity index (χ3n) is 5.69. The third kappa shape index (κ3) is 4.82. The van der Waals surface area contributed by atoms with Crippen LogP contribution in [0.5, 0.6) is 0 Å². The molecule has 0 spiro atoms. The standard InChI is InChI=1S/C24H24FN7OS/c25-19-6-1-7-20(22(19)31-9-3-5-18(26)14-31)29-23(33)21-15-34-24(30-21)17-11-28-32(13-17)12-16-4-2-8-27-10-16/h1-2,4,6-8,10-11,13,15,18H,3,5,9,12,14,26H2,(H,29,33). The van der Waals surface area contributed by atoms with E-state index in [1.165, 1.54) is 17.4 Å². The molecule has 1 amide bonds. The summed E-state index contributed by atoms with van der Waals surface area (Å²) in [5, 5.41) is 9.60. The number of hydrogen-bond acceptors (Lipinski definition) is 7. The second-order valence-corrected chi connectivity index (χ2v) is 9.12. The van der Waals surface area contributed by atoms with Crippen molar-refractivity contribution in [1.82, 2.24) is 19.7 Å². The molecule has 0 saturated carbocycles. The van der Waals surface area contributed by atoms with Gasteiger partial charge in [0.1, 0.15) is 16.5 Å². The molecular weight excluding hydrogens is 453 g/mol. The molecule has 0 aliphatic carbocycles. The van der Waals surface area contributed by atoms with Crippen molar-refractivity contribution in [1.29, 1.82) is 0 Å². The number of carbonyl (C=O) groups is 1. The lowest BCUT2D eigenvalue weighted by Gasteiger charge is -2.34. The molecule has 1 aliphatic rings. The van der Waals surface area contributed by atoms with Crippen molar-refractivity contribution in [2.75, 3.05) is 23.3 Å². The molecule has 3 aromatic heterocycles. The summed E-state index contributed by atoms with van der Waals surface area (Å²) in [6.07, 6.45) is 8.93. The van der Waals surface area contributed by atoms with Crippen molar-refractivity contribution in [3.63, 3.8) is 0 Å². The smallest absolute Gasteiger partial charge is 0.275 e. The second kappa shape index (κ2) is 9.70. The highest BCUT2D eigenvalue weighted by molar-refractivity contribution is 7.13. The van der Waals surface area contributed by atoms with Crippen molar-refractivity contribution in [3.05, 3.63) is 77.6 Å². The Morgan fingerprint density at radius 3 is 3.00 bits per heavy atom. The van der Waals surface area contributed by atoms with E-state index in [9.17, 15) is 9.18 Å². The number of halogens is 1. The Bertz CT molecular complexity index is 1290. The number of para-hydroxylation sites is 1. The van der Waals surface area contributed by atoms with Crippen LogP contribution in [0, 0.1) is 5.82 Å². The number of nitrogens with zero attached hydrogens (tertiary/aromatic N) is 5. The van der Waals surface area contributed by atoms with Gasteiger partial charge < -0.3 is 16.0 Å². The molecule has 1 atom stereocenters. The SMILES string of the molecule is NC1CCCN(c2c(F)cccc2NC(=O)c2csc(-c3cnn(Cc4cccnc4)c3)n2)C1. The fraction of sp³-hybridized carbons (Fsp3) is 0.250. The molecule has 8 nitrogen and oxygen atoms in total. The lowest BCUT2D eigenvalue weighted by atomic mass is 10.1. The van der Waals surface area contributed by atoms with Gasteiger partial charge in [-0.1, -0.05) is 12.1 Å². The molecule has 10 heteroatoms. The average Bonchev–Trinajstić information content (AvgIpc) is 3.50. The lowest BCUT2D eigenvalue weighted by molar-refractivity contribution is 0.102. The van der Waals surface area contributed by atoms with Gasteiger partial charge in [-0.15, -0.1) is 11.3 Å². The van der Waals surface area contributed by atoms with Gasteiger partial charge in [0.25, 0.3) is 5.91 Å². The zero-order chi connectivity index (χ0) is 23.5. The summed E-state index contributed by atoms with van der Waals surface area (Å²) in [4.78, 5) is 23.5. The van der Waals surface area contributed by atoms with Gasteiger partial charge in [0.2, 0.25) is 0 Å². The number of anilines is 2. The van der Waals surface area contributed by atoms with Gasteiger partial charge in [-0.25, -0.2) is 9.37 Å². The molecule has 0 radical (unpaired) electrons. The minimum Gasteiger partial charge on any atom is -0.366 e. The number of nitrogens with two attached hydrogens (primary N) is 1. The van der Waals surface area contributed by atoms with E-state index in [2.05, 4.69) is 20.4 Å². The van der Waals surface area contributed by atoms with Crippen LogP contribution in [-0.2, 0) is 6.54 Å². The van der Waals surface area contributed by atoms with Gasteiger partial charge in [-0.05, 0) is 36.6 Å². The quantitative estimate of drug-likeness (QED) is 0.438. The Morgan fingerprint density at radius 1 is 1.26 bits per heavy atom. The molecule has 4 aromatic rings. The summed E-state index contributed by atoms with van der Waals surface area (Å²) in [5.41, 5.74) is 9.00. The number of nitrogens with one attached hydrogen (secondary N) is 1. The van der Waals surface area contributed by atoms with Crippen molar-refractivity contribution in [2.24, 2.45) is 5.73 Å². The Kier molecular flexibility index (Phi) is 6.33. The number of carbonyl (C=O) groups excluding carboxylic acids is 1. The lowest BCUT2D eigenvalue weighted by Crippen LogP contribution is -2.43. The first-order valence-corrected chi connectivity index (χ1v) is 11.9. The maximum atomic E-state index is 14.7. The summed E-state index contributed by atoms with van der Waals surface area (Å²) in [6, 6.07) is 8.54. The van der Waals surface area contributed by atoms with Gasteiger partial charge in [-0.3, -0.25) is 14.5 Å². The number of hydrogen-bond donors (Lipinski definition) is 2. The average molecular weight is 478 g/mol. The molecule has 1 aromatic carbocycles. The highest BCUT2D eigenvalue weighted by Gasteiger charge is 2.23. The normalized spacial score (nSPS) is 15.9. The largest absolute Gasteiger partial charge is 0.366 e. The molecule has 0 bridgehead atoms. The van der Waals surface area contributed by atoms with E-state index >= 15 is 0 Å². The molecule has 5 rings (SSSR count). The second-order valence-electron chi connectivity index (χ2n) is 8.26. The van der Waals surface area contributed by atoms with E-state index in [-0.39, 0.29) is 17.6 Å². The maximum Gasteiger partial charge on any atom is 0.275 e. The number of pyridine rings is 1. The summed E-state index contributed by atoms with van der Waals surface area (Å²) in [5.74, 6) is -0.773. The van der Waals surface area contributed by atoms with Crippen LogP contribution in [-0.4, -0.2) is 44.8 Å². The number of benzene rings is 1. The molecule has 1 unspecified atom stereocenters. The first-order chi connectivity index (χ1) is 16.6. The first kappa shape index (κ1) is 22.2. The van der Waals surface area contributed by atoms with Crippen LogP contribution in [0.1, 0.15) is 28.9 Å². The van der Waals surface area contributed by atoms with E-state index < -0.39 is 5.91 Å². The molecule has 3 N–H and O–H groups in total. The summed E-state index contributed by atoms with van der Waals surface area (Å²) < 4.78 is 16.5. The molecule has 174 valence electrons. The fourth-order valence-electron chi connectivity index (χ4n) is 4.09. The number of amides is 1. The van der Waals surface area contributed by atoms with Gasteiger partial charge >= 0.3 is 0 Å². The Labute approximate surface area is 200 Å². The minimum absolute atomic E-state index is 0.0166. The molecule has 1 saturated heterocycles. The number of piperidine rings is 1. The predicted octanol–water partition coefficient (Wildman–Crippen LogP) is 3.77. The van der Waals surface area contributed by atoms with Crippen LogP contribution >= 0.6 is 11.3 Å². The molecule has 4 heterocycles. The Balaban J connectivity index is 1.31. The minimum atomic E-state index is -0.390. The van der Waals surface area contributed by atoms with Gasteiger partial charge in [0, 0.05) is 48.7 Å². The summed E-state index contributed by atoms with van der Waals surface area (Å²) in [6.45, 7) is 1.84. The van der Waals surface area contributed by atoms with Crippen molar-refractivity contribution >= 4 is 28.6 Å². The summed E-state index contributed by atoms with van der Waals surface area (Å²) in [7, 11) is 0. The monoisotopic (exact) mass is 477 g/mol. The molecule has 1 aliphatic heterocycles. The molecule has 34 heavy (non-hydrogen) atoms. The Hall–Kier alpha value is -3.63. The van der Waals surface area contributed by atoms with E-state index in [0.29, 0.717) is 36.0 Å². The van der Waals surface area contributed by atoms with Crippen LogP contribution in [0.2, 0.25) is 0 Å². The maximum absolute atomic E-state index is 14.7. The number of aromatic nitrogens is 4. The van der Waals surface area contributed by atoms with Crippen LogP contribution in [0.15, 0.2) is 60.5 Å². The Morgan fingerprint density at radius 2 is 2.18 bits per heavy atom. The number of rotatable bonds is 6. The van der Waals surface area contributed by atoms with E-state index in [4.69, 9.17) is 5.73 Å². The molecular formula is C24H24FN7OS. The highest BCUT2D eigenvalue weighted by Crippen LogP contribution is 2.32. The fourth-order valence-corrected chi connectivity index (χ4v) is 4.86. The molecule has 1 fully saturated rings. The van der Waals surface area contributed by atoms with Crippen molar-refractivity contribution < 1.29 is 9.18 Å². The van der Waals surface area contributed by atoms with Crippen molar-refractivity contribution in [2.45, 2.75) is 25.4 Å². The highest BCUT2D eigenvalue weighted by atomic mass is 32.1. The van der Waals surface area contributed by atoms with E-state index in [1.54, 1.807) is 40.8 Å². The topological polar surface area (TPSA) is 102 Å². The van der Waals surface area contributed by atoms with E-state index in [0.717, 1.165) is 24.0 Å². The van der Waals surface area contributed by atoms with Gasteiger partial charge in [-0.2, -0.15) is 5.10 Å². The third-order valence-corrected chi connectivity index (χ3v) is 6.58. The van der Waals surface area contributed by atoms with Crippen LogP contribution in [0.4, 0.5) is 15.8 Å². The van der Waals surface area contributed by atoms with Crippen LogP contribution < -0.4 is 16.0 Å². The zero-order valence-corrected chi connectivity index (χ0v) is 19.2. The van der Waals surface area contributed by atoms with Gasteiger partial charge in [0.15, 0.2) is 0 Å². The zero-order valence-electron chi connectivity index (χ0n) is 18.4. The van der Waals surface area contributed by atoms with Crippen LogP contribution in [0.25, 0.3) is 10.6 Å². The van der Waals surface area contributed by atoms with E-state index in [1.807, 2.05) is 23.2 Å². The number of thiazole rings is 1. The first-order valence-electron chi connectivity index (χ1n) is 11.0. The van der Waals surface area contributed by atoms with Crippen LogP contribution in [0.3, 0.4) is 0 Å². The van der Waals surface area contributed by atoms with Crippen molar-refractivity contribution in [3.8, 4) is 10.6 Å². The van der Waals surface area contributed by atoms with Gasteiger partial charge in [0.05, 0.1) is 24.1 Å². The predicted molar refractivity (Wildman–Crippen MR) is 130 cm³/mol.